The molecule has 0 bridgehead atoms. The van der Waals surface area contributed by atoms with Gasteiger partial charge in [-0.3, -0.25) is 4.79 Å². The van der Waals surface area contributed by atoms with E-state index >= 15 is 0 Å². The predicted molar refractivity (Wildman–Crippen MR) is 111 cm³/mol. The summed E-state index contributed by atoms with van der Waals surface area (Å²) >= 11 is 0. The zero-order valence-electron chi connectivity index (χ0n) is 17.9. The van der Waals surface area contributed by atoms with E-state index in [1.165, 1.54) is 12.1 Å². The maximum Gasteiger partial charge on any atom is 1.00 e. The van der Waals surface area contributed by atoms with Gasteiger partial charge in [-0.25, -0.2) is 8.42 Å². The summed E-state index contributed by atoms with van der Waals surface area (Å²) in [5, 5.41) is 0.989. The molecule has 3 aromatic carbocycles. The molecule has 0 saturated heterocycles. The van der Waals surface area contributed by atoms with Gasteiger partial charge in [0.25, 0.3) is 0 Å². The van der Waals surface area contributed by atoms with Gasteiger partial charge in [0.1, 0.15) is 15.5 Å². The van der Waals surface area contributed by atoms with Crippen LogP contribution in [-0.2, 0) is 27.1 Å². The number of hydrogen-bond acceptors (Lipinski definition) is 8. The SMILES string of the molecule is O=C1c2cc(S(=O)(=O)[O-])ccc2Cc2cc3c(=O)c4c[c-]ccc4[nH]c3cc21.O=S(=O)=O.[Na+].[Na+]. The van der Waals surface area contributed by atoms with E-state index in [1.807, 2.05) is 0 Å². The van der Waals surface area contributed by atoms with Gasteiger partial charge in [-0.2, -0.15) is 18.2 Å². The van der Waals surface area contributed by atoms with Crippen LogP contribution < -0.4 is 64.5 Å². The quantitative estimate of drug-likeness (QED) is 0.101. The van der Waals surface area contributed by atoms with Crippen molar-refractivity contribution in [2.24, 2.45) is 0 Å². The van der Waals surface area contributed by atoms with E-state index < -0.39 is 25.6 Å². The van der Waals surface area contributed by atoms with Gasteiger partial charge in [0, 0.05) is 22.0 Å². The number of aromatic nitrogens is 1. The zero-order valence-corrected chi connectivity index (χ0v) is 23.5. The van der Waals surface area contributed by atoms with Crippen molar-refractivity contribution in [2.45, 2.75) is 11.3 Å². The minimum atomic E-state index is -4.65. The molecule has 0 atom stereocenters. The summed E-state index contributed by atoms with van der Waals surface area (Å²) in [5.41, 5.74) is 2.91. The van der Waals surface area contributed by atoms with Crippen LogP contribution in [0.1, 0.15) is 27.0 Å². The number of hydrogen-bond donors (Lipinski definition) is 1. The van der Waals surface area contributed by atoms with E-state index in [0.29, 0.717) is 44.9 Å². The topological polar surface area (TPSA) is 158 Å². The van der Waals surface area contributed by atoms with Crippen LogP contribution >= 0.6 is 0 Å². The Hall–Kier alpha value is -1.67. The Labute approximate surface area is 239 Å². The summed E-state index contributed by atoms with van der Waals surface area (Å²) in [7, 11) is -7.77. The number of carbonyl (C=O) groups is 1. The molecule has 34 heavy (non-hydrogen) atoms. The van der Waals surface area contributed by atoms with Gasteiger partial charge < -0.3 is 14.3 Å². The van der Waals surface area contributed by atoms with Crippen molar-refractivity contribution in [1.29, 1.82) is 0 Å². The number of H-pyrrole nitrogens is 1. The fraction of sp³-hybridized carbons (Fsp3) is 0.0476. The Balaban J connectivity index is 0.000000634. The maximum atomic E-state index is 13.0. The molecule has 1 heterocycles. The number of pyridine rings is 1. The van der Waals surface area contributed by atoms with E-state index in [-0.39, 0.29) is 75.9 Å². The van der Waals surface area contributed by atoms with E-state index in [9.17, 15) is 22.6 Å². The van der Waals surface area contributed by atoms with Crippen LogP contribution in [0, 0.1) is 6.07 Å². The summed E-state index contributed by atoms with van der Waals surface area (Å²) in [5.74, 6) is -0.369. The largest absolute Gasteiger partial charge is 1.00 e. The Morgan fingerprint density at radius 1 is 0.882 bits per heavy atom. The van der Waals surface area contributed by atoms with Gasteiger partial charge in [0.05, 0.1) is 4.90 Å². The van der Waals surface area contributed by atoms with Crippen molar-refractivity contribution < 1.29 is 89.5 Å². The second-order valence-electron chi connectivity index (χ2n) is 6.96. The predicted octanol–water partition coefficient (Wildman–Crippen LogP) is -4.48. The molecule has 13 heteroatoms. The molecule has 1 aliphatic rings. The van der Waals surface area contributed by atoms with Gasteiger partial charge in [0.2, 0.25) is 0 Å². The van der Waals surface area contributed by atoms with Gasteiger partial charge >= 0.3 is 69.7 Å². The minimum absolute atomic E-state index is 0. The third-order valence-electron chi connectivity index (χ3n) is 5.11. The zero-order chi connectivity index (χ0) is 23.2. The average molecular weight is 515 g/mol. The Bertz CT molecular complexity index is 1720. The van der Waals surface area contributed by atoms with Crippen LogP contribution in [0.25, 0.3) is 21.8 Å². The van der Waals surface area contributed by atoms with E-state index in [2.05, 4.69) is 11.1 Å². The number of aromatic amines is 1. The summed E-state index contributed by atoms with van der Waals surface area (Å²) in [6.07, 6.45) is 0.365. The first-order chi connectivity index (χ1) is 15.1. The molecule has 5 rings (SSSR count). The number of ketones is 1. The molecule has 0 amide bonds. The van der Waals surface area contributed by atoms with Crippen LogP contribution in [0.4, 0.5) is 0 Å². The third-order valence-corrected chi connectivity index (χ3v) is 5.94. The monoisotopic (exact) mass is 515 g/mol. The van der Waals surface area contributed by atoms with E-state index in [0.717, 1.165) is 6.07 Å². The molecule has 0 spiro atoms. The van der Waals surface area contributed by atoms with Crippen LogP contribution in [0.2, 0.25) is 0 Å². The first kappa shape index (κ1) is 28.6. The molecule has 0 unspecified atom stereocenters. The molecular formula is C21H11NNa2O8S2. The molecule has 4 aromatic rings. The second-order valence-corrected chi connectivity index (χ2v) is 8.75. The number of carbonyl (C=O) groups excluding carboxylic acids is 1. The Kier molecular flexibility index (Phi) is 9.19. The molecular weight excluding hydrogens is 504 g/mol. The van der Waals surface area contributed by atoms with Crippen LogP contribution in [0.3, 0.4) is 0 Å². The fourth-order valence-corrected chi connectivity index (χ4v) is 4.23. The van der Waals surface area contributed by atoms with E-state index in [1.54, 1.807) is 30.3 Å². The number of rotatable bonds is 1. The minimum Gasteiger partial charge on any atom is -0.744 e. The number of nitrogens with one attached hydrogen (secondary N) is 1. The van der Waals surface area contributed by atoms with Gasteiger partial charge in [-0.1, -0.05) is 17.0 Å². The molecule has 0 saturated carbocycles. The normalized spacial score (nSPS) is 11.9. The average Bonchev–Trinajstić information content (AvgIpc) is 2.72. The third kappa shape index (κ3) is 5.59. The summed E-state index contributed by atoms with van der Waals surface area (Å²) in [6.45, 7) is 0. The molecule has 0 aliphatic heterocycles. The standard InChI is InChI=1S/C21H12NO5S.2Na.O3S/c23-20-14-3-1-2-4-18(14)22-19-10-16-12(8-17(19)20)7-11-5-6-13(28(25,26)27)9-15(11)21(16)24;;;1-4(2)3/h2-6,8-10H,7H2,(H,22,23)(H,25,26,27);;;/q-1;2*+1;/p-1. The van der Waals surface area contributed by atoms with Crippen molar-refractivity contribution in [3.8, 4) is 0 Å². The second kappa shape index (κ2) is 10.9. The molecule has 1 aromatic heterocycles. The van der Waals surface area contributed by atoms with Crippen LogP contribution in [0.5, 0.6) is 0 Å². The Morgan fingerprint density at radius 3 is 2.18 bits per heavy atom. The summed E-state index contributed by atoms with van der Waals surface area (Å²) in [4.78, 5) is 28.5. The molecule has 1 N–H and O–H groups in total. The number of fused-ring (bicyclic) bond motifs is 4. The molecule has 1 aliphatic carbocycles. The van der Waals surface area contributed by atoms with Crippen molar-refractivity contribution in [1.82, 2.24) is 4.98 Å². The smallest absolute Gasteiger partial charge is 0.744 e. The molecule has 0 radical (unpaired) electrons. The van der Waals surface area contributed by atoms with Gasteiger partial charge in [0.15, 0.2) is 5.78 Å². The first-order valence-corrected chi connectivity index (χ1v) is 11.4. The number of benzene rings is 3. The molecule has 0 fully saturated rings. The van der Waals surface area contributed by atoms with Crippen LogP contribution in [-0.4, -0.2) is 36.4 Å². The van der Waals surface area contributed by atoms with E-state index in [4.69, 9.17) is 12.6 Å². The van der Waals surface area contributed by atoms with Crippen LogP contribution in [0.15, 0.2) is 58.2 Å². The summed E-state index contributed by atoms with van der Waals surface area (Å²) in [6, 6.07) is 15.1. The first-order valence-electron chi connectivity index (χ1n) is 8.95. The fourth-order valence-electron chi connectivity index (χ4n) is 3.74. The Morgan fingerprint density at radius 2 is 1.53 bits per heavy atom. The van der Waals surface area contributed by atoms with Crippen molar-refractivity contribution in [2.75, 3.05) is 0 Å². The van der Waals surface area contributed by atoms with Crippen molar-refractivity contribution in [3.63, 3.8) is 0 Å². The molecule has 162 valence electrons. The maximum absolute atomic E-state index is 13.0. The van der Waals surface area contributed by atoms with Gasteiger partial charge in [-0.15, -0.1) is 18.7 Å². The van der Waals surface area contributed by atoms with Gasteiger partial charge in [-0.05, 0) is 41.8 Å². The van der Waals surface area contributed by atoms with Crippen molar-refractivity contribution in [3.05, 3.63) is 87.1 Å². The summed E-state index contributed by atoms with van der Waals surface area (Å²) < 4.78 is 59.2. The van der Waals surface area contributed by atoms with Crippen molar-refractivity contribution >= 4 is 48.3 Å². The molecule has 9 nitrogen and oxygen atoms in total.